The quantitative estimate of drug-likeness (QED) is 0.667. The van der Waals surface area contributed by atoms with Crippen molar-refractivity contribution in [1.29, 1.82) is 0 Å². The van der Waals surface area contributed by atoms with Gasteiger partial charge in [-0.2, -0.15) is 0 Å². The van der Waals surface area contributed by atoms with E-state index in [9.17, 15) is 0 Å². The largest absolute Gasteiger partial charge is 0.360 e. The van der Waals surface area contributed by atoms with Crippen LogP contribution in [-0.4, -0.2) is 75.2 Å². The molecule has 5 nitrogen and oxygen atoms in total. The van der Waals surface area contributed by atoms with E-state index < -0.39 is 0 Å². The van der Waals surface area contributed by atoms with Crippen LogP contribution in [0.2, 0.25) is 0 Å². The van der Waals surface area contributed by atoms with Gasteiger partial charge in [-0.15, -0.1) is 11.3 Å². The highest BCUT2D eigenvalue weighted by Gasteiger charge is 2.21. The average molecular weight is 350 g/mol. The molecular formula is C18H31N5S. The lowest BCUT2D eigenvalue weighted by Crippen LogP contribution is -2.52. The summed E-state index contributed by atoms with van der Waals surface area (Å²) in [6, 6.07) is 4.36. The summed E-state index contributed by atoms with van der Waals surface area (Å²) in [4.78, 5) is 12.3. The number of aliphatic imine (C=N–C) groups is 1. The Balaban J connectivity index is 1.54. The van der Waals surface area contributed by atoms with Gasteiger partial charge in [0.2, 0.25) is 0 Å². The topological polar surface area (TPSA) is 34.1 Å². The highest BCUT2D eigenvalue weighted by molar-refractivity contribution is 7.14. The maximum Gasteiger partial charge on any atom is 0.194 e. The van der Waals surface area contributed by atoms with Gasteiger partial charge in [0.1, 0.15) is 0 Å². The summed E-state index contributed by atoms with van der Waals surface area (Å²) in [5.74, 6) is 1.82. The van der Waals surface area contributed by atoms with Crippen molar-refractivity contribution in [2.24, 2.45) is 10.9 Å². The van der Waals surface area contributed by atoms with E-state index in [0.717, 1.165) is 45.2 Å². The molecule has 1 unspecified atom stereocenters. The van der Waals surface area contributed by atoms with Crippen LogP contribution in [-0.2, 0) is 0 Å². The minimum atomic E-state index is 0.713. The summed E-state index contributed by atoms with van der Waals surface area (Å²) in [5.41, 5.74) is 0. The number of guanidine groups is 1. The Morgan fingerprint density at radius 1 is 1.29 bits per heavy atom. The molecule has 1 aromatic heterocycles. The van der Waals surface area contributed by atoms with Crippen molar-refractivity contribution in [3.8, 4) is 0 Å². The molecule has 2 saturated heterocycles. The summed E-state index contributed by atoms with van der Waals surface area (Å²) in [6.07, 6.45) is 2.63. The fourth-order valence-corrected chi connectivity index (χ4v) is 4.44. The molecule has 0 aliphatic carbocycles. The van der Waals surface area contributed by atoms with Crippen LogP contribution in [0, 0.1) is 5.92 Å². The van der Waals surface area contributed by atoms with Crippen LogP contribution in [0.4, 0.5) is 5.00 Å². The lowest BCUT2D eigenvalue weighted by molar-refractivity contribution is 0.214. The number of rotatable bonds is 4. The monoisotopic (exact) mass is 349 g/mol. The van der Waals surface area contributed by atoms with Crippen LogP contribution in [0.1, 0.15) is 19.8 Å². The third-order valence-electron chi connectivity index (χ3n) is 4.95. The van der Waals surface area contributed by atoms with Crippen LogP contribution >= 0.6 is 11.3 Å². The summed E-state index contributed by atoms with van der Waals surface area (Å²) in [7, 11) is 2.23. The molecule has 0 spiro atoms. The highest BCUT2D eigenvalue weighted by Crippen LogP contribution is 2.22. The van der Waals surface area contributed by atoms with Crippen LogP contribution in [0.5, 0.6) is 0 Å². The molecule has 6 heteroatoms. The molecule has 1 atom stereocenters. The molecule has 3 rings (SSSR count). The van der Waals surface area contributed by atoms with Gasteiger partial charge < -0.3 is 20.0 Å². The van der Waals surface area contributed by atoms with E-state index in [-0.39, 0.29) is 0 Å². The molecule has 0 bridgehead atoms. The molecule has 1 N–H and O–H groups in total. The Kier molecular flexibility index (Phi) is 6.37. The number of thiophene rings is 1. The van der Waals surface area contributed by atoms with Gasteiger partial charge in [0.15, 0.2) is 5.96 Å². The molecule has 2 fully saturated rings. The number of hydrogen-bond acceptors (Lipinski definition) is 4. The van der Waals surface area contributed by atoms with E-state index in [1.165, 1.54) is 30.9 Å². The van der Waals surface area contributed by atoms with Crippen molar-refractivity contribution in [3.05, 3.63) is 17.5 Å². The minimum absolute atomic E-state index is 0.713. The van der Waals surface area contributed by atoms with Crippen molar-refractivity contribution < 1.29 is 0 Å². The van der Waals surface area contributed by atoms with Gasteiger partial charge >= 0.3 is 0 Å². The first kappa shape index (κ1) is 17.5. The zero-order valence-electron chi connectivity index (χ0n) is 15.1. The van der Waals surface area contributed by atoms with Gasteiger partial charge in [-0.1, -0.05) is 0 Å². The lowest BCUT2D eigenvalue weighted by atomic mass is 9.99. The normalized spacial score (nSPS) is 23.6. The molecule has 3 heterocycles. The molecule has 134 valence electrons. The number of nitrogens with one attached hydrogen (secondary N) is 1. The Bertz CT molecular complexity index is 507. The fraction of sp³-hybridized carbons (Fsp3) is 0.722. The van der Waals surface area contributed by atoms with Crippen LogP contribution in [0.25, 0.3) is 0 Å². The maximum absolute atomic E-state index is 4.97. The van der Waals surface area contributed by atoms with Crippen molar-refractivity contribution in [1.82, 2.24) is 15.1 Å². The van der Waals surface area contributed by atoms with E-state index in [1.807, 2.05) is 11.3 Å². The molecule has 0 amide bonds. The predicted molar refractivity (Wildman–Crippen MR) is 104 cm³/mol. The Hall–Kier alpha value is -1.27. The Labute approximate surface area is 150 Å². The summed E-state index contributed by atoms with van der Waals surface area (Å²) < 4.78 is 0. The van der Waals surface area contributed by atoms with Crippen molar-refractivity contribution in [2.75, 3.05) is 64.3 Å². The van der Waals surface area contributed by atoms with Gasteiger partial charge in [0, 0.05) is 45.8 Å². The van der Waals surface area contributed by atoms with E-state index in [2.05, 4.69) is 51.5 Å². The Morgan fingerprint density at radius 2 is 2.12 bits per heavy atom. The van der Waals surface area contributed by atoms with Crippen molar-refractivity contribution >= 4 is 22.3 Å². The molecule has 0 saturated carbocycles. The first-order chi connectivity index (χ1) is 11.8. The molecular weight excluding hydrogens is 318 g/mol. The van der Waals surface area contributed by atoms with E-state index >= 15 is 0 Å². The van der Waals surface area contributed by atoms with Gasteiger partial charge in [0.05, 0.1) is 5.00 Å². The second-order valence-electron chi connectivity index (χ2n) is 6.89. The first-order valence-corrected chi connectivity index (χ1v) is 10.1. The van der Waals surface area contributed by atoms with Gasteiger partial charge in [-0.05, 0) is 56.8 Å². The van der Waals surface area contributed by atoms with Crippen LogP contribution in [0.15, 0.2) is 22.5 Å². The molecule has 2 aliphatic heterocycles. The smallest absolute Gasteiger partial charge is 0.194 e. The van der Waals surface area contributed by atoms with Crippen LogP contribution in [0.3, 0.4) is 0 Å². The highest BCUT2D eigenvalue weighted by atomic mass is 32.1. The first-order valence-electron chi connectivity index (χ1n) is 9.26. The van der Waals surface area contributed by atoms with E-state index in [0.29, 0.717) is 5.92 Å². The summed E-state index contributed by atoms with van der Waals surface area (Å²) >= 11 is 1.84. The number of nitrogens with zero attached hydrogens (tertiary/aromatic N) is 4. The number of piperazine rings is 1. The molecule has 1 aromatic rings. The SMILES string of the molecule is CCNC(=NCC1CCCN(C)C1)N1CCN(c2cccs2)CC1. The summed E-state index contributed by atoms with van der Waals surface area (Å²) in [5, 5.41) is 7.05. The zero-order valence-corrected chi connectivity index (χ0v) is 15.9. The minimum Gasteiger partial charge on any atom is -0.360 e. The average Bonchev–Trinajstić information content (AvgIpc) is 3.13. The van der Waals surface area contributed by atoms with Crippen molar-refractivity contribution in [3.63, 3.8) is 0 Å². The number of hydrogen-bond donors (Lipinski definition) is 1. The fourth-order valence-electron chi connectivity index (χ4n) is 3.65. The zero-order chi connectivity index (χ0) is 16.8. The standard InChI is InChI=1S/C18H31N5S/c1-3-19-18(20-14-16-6-4-8-21(2)15-16)23-11-9-22(10-12-23)17-7-5-13-24-17/h5,7,13,16H,3-4,6,8-12,14-15H2,1-2H3,(H,19,20). The molecule has 0 radical (unpaired) electrons. The summed E-state index contributed by atoms with van der Waals surface area (Å²) in [6.45, 7) is 10.7. The number of likely N-dealkylation sites (tertiary alicyclic amines) is 1. The van der Waals surface area contributed by atoms with E-state index in [1.54, 1.807) is 0 Å². The third kappa shape index (κ3) is 4.63. The second-order valence-corrected chi connectivity index (χ2v) is 7.82. The second kappa shape index (κ2) is 8.72. The van der Waals surface area contributed by atoms with Gasteiger partial charge in [-0.3, -0.25) is 4.99 Å². The number of anilines is 1. The molecule has 24 heavy (non-hydrogen) atoms. The van der Waals surface area contributed by atoms with E-state index in [4.69, 9.17) is 4.99 Å². The number of piperidine rings is 1. The molecule has 0 aromatic carbocycles. The van der Waals surface area contributed by atoms with Gasteiger partial charge in [0.25, 0.3) is 0 Å². The van der Waals surface area contributed by atoms with Crippen LogP contribution < -0.4 is 10.2 Å². The van der Waals surface area contributed by atoms with Gasteiger partial charge in [-0.25, -0.2) is 0 Å². The maximum atomic E-state index is 4.97. The van der Waals surface area contributed by atoms with Crippen molar-refractivity contribution in [2.45, 2.75) is 19.8 Å². The lowest BCUT2D eigenvalue weighted by Gasteiger charge is -2.37. The Morgan fingerprint density at radius 3 is 2.79 bits per heavy atom. The predicted octanol–water partition coefficient (Wildman–Crippen LogP) is 2.18. The third-order valence-corrected chi connectivity index (χ3v) is 5.88. The molecule has 2 aliphatic rings.